The third kappa shape index (κ3) is 3.09. The summed E-state index contributed by atoms with van der Waals surface area (Å²) in [5.74, 6) is 0.682. The molecule has 0 saturated carbocycles. The van der Waals surface area contributed by atoms with Crippen molar-refractivity contribution in [1.29, 1.82) is 0 Å². The highest BCUT2D eigenvalue weighted by Crippen LogP contribution is 2.32. The Morgan fingerprint density at radius 3 is 2.71 bits per heavy atom. The Bertz CT molecular complexity index is 374. The maximum absolute atomic E-state index is 5.45. The van der Waals surface area contributed by atoms with Crippen LogP contribution in [0.2, 0.25) is 0 Å². The SMILES string of the molecule is CNC(c1cc(Br)ccc1C)C1CCOCC1. The monoisotopic (exact) mass is 297 g/mol. The maximum atomic E-state index is 5.45. The van der Waals surface area contributed by atoms with Gasteiger partial charge in [0.05, 0.1) is 0 Å². The van der Waals surface area contributed by atoms with Crippen LogP contribution in [-0.4, -0.2) is 20.3 Å². The molecule has 0 bridgehead atoms. The second-order valence-electron chi connectivity index (χ2n) is 4.72. The molecule has 0 aromatic heterocycles. The Hall–Kier alpha value is -0.380. The third-order valence-corrected chi connectivity index (χ3v) is 4.12. The molecule has 1 unspecified atom stereocenters. The number of aryl methyl sites for hydroxylation is 1. The summed E-state index contributed by atoms with van der Waals surface area (Å²) in [7, 11) is 2.06. The summed E-state index contributed by atoms with van der Waals surface area (Å²) in [6, 6.07) is 6.97. The van der Waals surface area contributed by atoms with E-state index in [1.807, 2.05) is 0 Å². The predicted molar refractivity (Wildman–Crippen MR) is 74.2 cm³/mol. The van der Waals surface area contributed by atoms with Crippen LogP contribution in [0.3, 0.4) is 0 Å². The predicted octanol–water partition coefficient (Wildman–Crippen LogP) is 3.44. The zero-order valence-electron chi connectivity index (χ0n) is 10.5. The number of rotatable bonds is 3. The summed E-state index contributed by atoms with van der Waals surface area (Å²) in [4.78, 5) is 0. The van der Waals surface area contributed by atoms with Gasteiger partial charge in [0.15, 0.2) is 0 Å². The minimum Gasteiger partial charge on any atom is -0.381 e. The van der Waals surface area contributed by atoms with Crippen molar-refractivity contribution in [2.75, 3.05) is 20.3 Å². The molecule has 1 aromatic rings. The maximum Gasteiger partial charge on any atom is 0.0469 e. The summed E-state index contributed by atoms with van der Waals surface area (Å²) in [5.41, 5.74) is 2.77. The zero-order valence-corrected chi connectivity index (χ0v) is 12.1. The second-order valence-corrected chi connectivity index (χ2v) is 5.63. The van der Waals surface area contributed by atoms with Gasteiger partial charge >= 0.3 is 0 Å². The summed E-state index contributed by atoms with van der Waals surface area (Å²) < 4.78 is 6.60. The van der Waals surface area contributed by atoms with Crippen LogP contribution < -0.4 is 5.32 Å². The largest absolute Gasteiger partial charge is 0.381 e. The average Bonchev–Trinajstić information content (AvgIpc) is 2.36. The standard InChI is InChI=1S/C14H20BrNO/c1-10-3-4-12(15)9-13(10)14(16-2)11-5-7-17-8-6-11/h3-4,9,11,14,16H,5-8H2,1-2H3. The molecule has 1 atom stereocenters. The molecule has 1 aliphatic heterocycles. The number of benzene rings is 1. The minimum absolute atomic E-state index is 0.441. The lowest BCUT2D eigenvalue weighted by atomic mass is 9.85. The molecule has 2 nitrogen and oxygen atoms in total. The first-order valence-corrected chi connectivity index (χ1v) is 7.02. The van der Waals surface area contributed by atoms with Crippen LogP contribution in [-0.2, 0) is 4.74 Å². The topological polar surface area (TPSA) is 21.3 Å². The molecular formula is C14H20BrNO. The van der Waals surface area contributed by atoms with Crippen molar-refractivity contribution in [3.8, 4) is 0 Å². The van der Waals surface area contributed by atoms with Crippen LogP contribution in [0, 0.1) is 12.8 Å². The van der Waals surface area contributed by atoms with Crippen molar-refractivity contribution in [1.82, 2.24) is 5.32 Å². The Labute approximate surface area is 112 Å². The van der Waals surface area contributed by atoms with Crippen molar-refractivity contribution < 1.29 is 4.74 Å². The Balaban J connectivity index is 2.24. The van der Waals surface area contributed by atoms with E-state index in [0.717, 1.165) is 30.5 Å². The highest BCUT2D eigenvalue weighted by molar-refractivity contribution is 9.10. The van der Waals surface area contributed by atoms with Gasteiger partial charge in [-0.3, -0.25) is 0 Å². The van der Waals surface area contributed by atoms with Crippen molar-refractivity contribution in [2.24, 2.45) is 5.92 Å². The number of nitrogens with one attached hydrogen (secondary N) is 1. The van der Waals surface area contributed by atoms with Crippen LogP contribution >= 0.6 is 15.9 Å². The van der Waals surface area contributed by atoms with E-state index in [4.69, 9.17) is 4.74 Å². The number of hydrogen-bond donors (Lipinski definition) is 1. The normalized spacial score (nSPS) is 19.2. The van der Waals surface area contributed by atoms with Crippen LogP contribution in [0.5, 0.6) is 0 Å². The lowest BCUT2D eigenvalue weighted by Gasteiger charge is -2.31. The molecule has 1 heterocycles. The molecular weight excluding hydrogens is 278 g/mol. The first-order chi connectivity index (χ1) is 8.22. The lowest BCUT2D eigenvalue weighted by Crippen LogP contribution is -2.30. The molecule has 1 aliphatic rings. The van der Waals surface area contributed by atoms with Crippen LogP contribution in [0.4, 0.5) is 0 Å². The van der Waals surface area contributed by atoms with Gasteiger partial charge in [0, 0.05) is 23.7 Å². The van der Waals surface area contributed by atoms with E-state index in [-0.39, 0.29) is 0 Å². The molecule has 0 aliphatic carbocycles. The Morgan fingerprint density at radius 1 is 1.35 bits per heavy atom. The van der Waals surface area contributed by atoms with Crippen LogP contribution in [0.1, 0.15) is 30.0 Å². The molecule has 0 amide bonds. The van der Waals surface area contributed by atoms with Gasteiger partial charge in [0.25, 0.3) is 0 Å². The Kier molecular flexibility index (Phi) is 4.60. The van der Waals surface area contributed by atoms with Gasteiger partial charge in [0.1, 0.15) is 0 Å². The van der Waals surface area contributed by atoms with E-state index in [2.05, 4.69) is 53.4 Å². The molecule has 0 radical (unpaired) electrons. The van der Waals surface area contributed by atoms with Crippen molar-refractivity contribution in [3.63, 3.8) is 0 Å². The summed E-state index contributed by atoms with van der Waals surface area (Å²) in [6.45, 7) is 3.98. The molecule has 0 spiro atoms. The van der Waals surface area contributed by atoms with E-state index in [0.29, 0.717) is 12.0 Å². The van der Waals surface area contributed by atoms with E-state index in [1.54, 1.807) is 0 Å². The highest BCUT2D eigenvalue weighted by atomic mass is 79.9. The molecule has 1 aromatic carbocycles. The van der Waals surface area contributed by atoms with Crippen molar-refractivity contribution in [3.05, 3.63) is 33.8 Å². The smallest absolute Gasteiger partial charge is 0.0469 e. The molecule has 3 heteroatoms. The average molecular weight is 298 g/mol. The quantitative estimate of drug-likeness (QED) is 0.923. The molecule has 2 rings (SSSR count). The minimum atomic E-state index is 0.441. The first kappa shape index (κ1) is 13.1. The zero-order chi connectivity index (χ0) is 12.3. The molecule has 1 N–H and O–H groups in total. The van der Waals surface area contributed by atoms with E-state index in [9.17, 15) is 0 Å². The lowest BCUT2D eigenvalue weighted by molar-refractivity contribution is 0.0545. The summed E-state index contributed by atoms with van der Waals surface area (Å²) in [5, 5.41) is 3.48. The number of halogens is 1. The van der Waals surface area contributed by atoms with Gasteiger partial charge in [-0.05, 0) is 56.0 Å². The van der Waals surface area contributed by atoms with Crippen LogP contribution in [0.15, 0.2) is 22.7 Å². The third-order valence-electron chi connectivity index (χ3n) is 3.62. The van der Waals surface area contributed by atoms with Gasteiger partial charge in [-0.2, -0.15) is 0 Å². The van der Waals surface area contributed by atoms with Gasteiger partial charge in [-0.15, -0.1) is 0 Å². The van der Waals surface area contributed by atoms with Gasteiger partial charge in [-0.1, -0.05) is 22.0 Å². The van der Waals surface area contributed by atoms with Gasteiger partial charge in [-0.25, -0.2) is 0 Å². The fraction of sp³-hybridized carbons (Fsp3) is 0.571. The summed E-state index contributed by atoms with van der Waals surface area (Å²) in [6.07, 6.45) is 2.30. The number of hydrogen-bond acceptors (Lipinski definition) is 2. The molecule has 94 valence electrons. The second kappa shape index (κ2) is 5.98. The van der Waals surface area contributed by atoms with Gasteiger partial charge in [0.2, 0.25) is 0 Å². The van der Waals surface area contributed by atoms with E-state index < -0.39 is 0 Å². The molecule has 1 saturated heterocycles. The van der Waals surface area contributed by atoms with E-state index in [1.165, 1.54) is 11.1 Å². The number of ether oxygens (including phenoxy) is 1. The van der Waals surface area contributed by atoms with Crippen molar-refractivity contribution in [2.45, 2.75) is 25.8 Å². The van der Waals surface area contributed by atoms with E-state index >= 15 is 0 Å². The molecule has 17 heavy (non-hydrogen) atoms. The van der Waals surface area contributed by atoms with Crippen LogP contribution in [0.25, 0.3) is 0 Å². The Morgan fingerprint density at radius 2 is 2.06 bits per heavy atom. The fourth-order valence-electron chi connectivity index (χ4n) is 2.64. The summed E-state index contributed by atoms with van der Waals surface area (Å²) >= 11 is 3.57. The van der Waals surface area contributed by atoms with Crippen molar-refractivity contribution >= 4 is 15.9 Å². The fourth-order valence-corrected chi connectivity index (χ4v) is 3.02. The molecule has 1 fully saturated rings. The highest BCUT2D eigenvalue weighted by Gasteiger charge is 2.25. The van der Waals surface area contributed by atoms with Gasteiger partial charge < -0.3 is 10.1 Å². The first-order valence-electron chi connectivity index (χ1n) is 6.23.